The van der Waals surface area contributed by atoms with E-state index in [1.165, 1.54) is 80.9 Å². The van der Waals surface area contributed by atoms with Crippen molar-refractivity contribution in [3.8, 4) is 0 Å². The zero-order valence-corrected chi connectivity index (χ0v) is 12.9. The molecule has 0 aliphatic carbocycles. The van der Waals surface area contributed by atoms with Crippen LogP contribution in [0.3, 0.4) is 0 Å². The second kappa shape index (κ2) is 14.0. The van der Waals surface area contributed by atoms with Gasteiger partial charge < -0.3 is 0 Å². The van der Waals surface area contributed by atoms with Gasteiger partial charge in [-0.1, -0.05) is 70.8 Å². The molecular formula is C14H30Si. The Balaban J connectivity index is 2.86. The molecule has 0 fully saturated rings. The Labute approximate surface area is 100.0 Å². The summed E-state index contributed by atoms with van der Waals surface area (Å²) >= 11 is 0. The number of unbranched alkanes of at least 4 members (excludes halogenated alkanes) is 10. The Morgan fingerprint density at radius 2 is 1.20 bits per heavy atom. The van der Waals surface area contributed by atoms with Crippen molar-refractivity contribution in [3.05, 3.63) is 11.8 Å². The fourth-order valence-electron chi connectivity index (χ4n) is 1.92. The molecule has 0 saturated carbocycles. The summed E-state index contributed by atoms with van der Waals surface area (Å²) in [6, 6.07) is 0. The van der Waals surface area contributed by atoms with Crippen LogP contribution in [0.5, 0.6) is 0 Å². The summed E-state index contributed by atoms with van der Waals surface area (Å²) in [6.07, 6.45) is 18.1. The van der Waals surface area contributed by atoms with Crippen molar-refractivity contribution in [1.82, 2.24) is 0 Å². The van der Waals surface area contributed by atoms with E-state index in [2.05, 4.69) is 18.7 Å². The first-order valence-corrected chi connectivity index (χ1v) is 8.18. The third-order valence-corrected chi connectivity index (χ3v) is 3.43. The van der Waals surface area contributed by atoms with Crippen molar-refractivity contribution >= 4 is 10.2 Å². The van der Waals surface area contributed by atoms with Gasteiger partial charge in [-0.15, -0.1) is 5.70 Å². The summed E-state index contributed by atoms with van der Waals surface area (Å²) in [7, 11) is 1.23. The van der Waals surface area contributed by atoms with Gasteiger partial charge in [0.15, 0.2) is 0 Å². The monoisotopic (exact) mass is 226 g/mol. The fraction of sp³-hybridized carbons (Fsp3) is 0.857. The van der Waals surface area contributed by atoms with Crippen molar-refractivity contribution in [2.24, 2.45) is 0 Å². The van der Waals surface area contributed by atoms with Crippen molar-refractivity contribution in [3.63, 3.8) is 0 Å². The largest absolute Gasteiger partial charge is 0.109 e. The molecule has 0 nitrogen and oxygen atoms in total. The molecule has 0 rings (SSSR count). The molecule has 15 heavy (non-hydrogen) atoms. The van der Waals surface area contributed by atoms with Crippen molar-refractivity contribution < 1.29 is 0 Å². The average molecular weight is 226 g/mol. The molecule has 0 aliphatic rings. The molecule has 0 amide bonds. The molecule has 0 aromatic carbocycles. The van der Waals surface area contributed by atoms with Gasteiger partial charge in [0.05, 0.1) is 0 Å². The van der Waals surface area contributed by atoms with Gasteiger partial charge in [-0.2, -0.15) is 0 Å². The molecule has 0 saturated heterocycles. The van der Waals surface area contributed by atoms with Crippen LogP contribution in [0.1, 0.15) is 77.6 Å². The highest BCUT2D eigenvalue weighted by Gasteiger charge is 1.91. The Kier molecular flexibility index (Phi) is 13.9. The molecular weight excluding hydrogens is 196 g/mol. The van der Waals surface area contributed by atoms with Gasteiger partial charge in [0, 0.05) is 10.2 Å². The van der Waals surface area contributed by atoms with E-state index >= 15 is 0 Å². The van der Waals surface area contributed by atoms with Crippen LogP contribution in [0.25, 0.3) is 0 Å². The number of allylic oxidation sites excluding steroid dienone is 1. The summed E-state index contributed by atoms with van der Waals surface area (Å²) in [5, 5.41) is 0. The normalized spacial score (nSPS) is 11.5. The molecule has 0 N–H and O–H groups in total. The molecule has 0 spiro atoms. The molecule has 1 heteroatoms. The van der Waals surface area contributed by atoms with Gasteiger partial charge >= 0.3 is 0 Å². The molecule has 0 bridgehead atoms. The summed E-state index contributed by atoms with van der Waals surface area (Å²) in [5.41, 5.74) is 2.30. The molecule has 0 aliphatic heterocycles. The van der Waals surface area contributed by atoms with Crippen LogP contribution in [0.15, 0.2) is 11.8 Å². The first kappa shape index (κ1) is 15.0. The van der Waals surface area contributed by atoms with Gasteiger partial charge in [-0.05, 0) is 12.8 Å². The van der Waals surface area contributed by atoms with Crippen LogP contribution in [-0.4, -0.2) is 10.2 Å². The quantitative estimate of drug-likeness (QED) is 0.366. The van der Waals surface area contributed by atoms with E-state index in [-0.39, 0.29) is 0 Å². The minimum absolute atomic E-state index is 1.23. The molecule has 0 aromatic heterocycles. The number of hydrogen-bond acceptors (Lipinski definition) is 0. The van der Waals surface area contributed by atoms with Crippen LogP contribution in [-0.2, 0) is 0 Å². The van der Waals surface area contributed by atoms with Gasteiger partial charge in [-0.25, -0.2) is 0 Å². The summed E-state index contributed by atoms with van der Waals surface area (Å²) in [4.78, 5) is 0. The van der Waals surface area contributed by atoms with E-state index in [0.717, 1.165) is 0 Å². The first-order chi connectivity index (χ1) is 7.41. The van der Waals surface area contributed by atoms with E-state index in [1.807, 2.05) is 0 Å². The second-order valence-corrected chi connectivity index (χ2v) is 5.21. The van der Waals surface area contributed by atoms with E-state index < -0.39 is 0 Å². The molecule has 0 radical (unpaired) electrons. The standard InChI is InChI=1S/C14H30Si/c1-2-3-4-5-6-7-8-9-10-11-12-13-14-15/h13-14H,2-12H2,1,15H3. The minimum Gasteiger partial charge on any atom is -0.109 e. The van der Waals surface area contributed by atoms with Gasteiger partial charge in [0.25, 0.3) is 0 Å². The van der Waals surface area contributed by atoms with Crippen LogP contribution >= 0.6 is 0 Å². The smallest absolute Gasteiger partial charge is 0.0287 e. The van der Waals surface area contributed by atoms with Crippen molar-refractivity contribution in [1.29, 1.82) is 0 Å². The number of hydrogen-bond donors (Lipinski definition) is 0. The topological polar surface area (TPSA) is 0 Å². The van der Waals surface area contributed by atoms with Crippen LogP contribution in [0, 0.1) is 0 Å². The van der Waals surface area contributed by atoms with Crippen LogP contribution in [0.2, 0.25) is 0 Å². The molecule has 90 valence electrons. The Morgan fingerprint density at radius 1 is 0.733 bits per heavy atom. The lowest BCUT2D eigenvalue weighted by Gasteiger charge is -2.01. The predicted octanol–water partition coefficient (Wildman–Crippen LogP) is 4.18. The average Bonchev–Trinajstić information content (AvgIpc) is 2.26. The zero-order chi connectivity index (χ0) is 11.2. The highest BCUT2D eigenvalue weighted by atomic mass is 28.1. The molecule has 0 atom stereocenters. The van der Waals surface area contributed by atoms with Gasteiger partial charge in [0.1, 0.15) is 0 Å². The lowest BCUT2D eigenvalue weighted by molar-refractivity contribution is 0.557. The van der Waals surface area contributed by atoms with Crippen molar-refractivity contribution in [2.75, 3.05) is 0 Å². The lowest BCUT2D eigenvalue weighted by Crippen LogP contribution is -1.81. The van der Waals surface area contributed by atoms with Gasteiger partial charge in [-0.3, -0.25) is 0 Å². The van der Waals surface area contributed by atoms with Crippen LogP contribution < -0.4 is 0 Å². The maximum Gasteiger partial charge on any atom is 0.0287 e. The number of rotatable bonds is 11. The predicted molar refractivity (Wildman–Crippen MR) is 75.5 cm³/mol. The second-order valence-electron chi connectivity index (χ2n) is 4.54. The van der Waals surface area contributed by atoms with Crippen LogP contribution in [0.4, 0.5) is 0 Å². The highest BCUT2D eigenvalue weighted by molar-refractivity contribution is 6.16. The Morgan fingerprint density at radius 3 is 1.67 bits per heavy atom. The maximum absolute atomic E-state index is 2.34. The summed E-state index contributed by atoms with van der Waals surface area (Å²) < 4.78 is 0. The summed E-state index contributed by atoms with van der Waals surface area (Å²) in [5.74, 6) is 0. The van der Waals surface area contributed by atoms with Crippen molar-refractivity contribution in [2.45, 2.75) is 77.6 Å². The Hall–Kier alpha value is -0.0431. The third kappa shape index (κ3) is 14.0. The third-order valence-electron chi connectivity index (χ3n) is 2.96. The molecule has 0 heterocycles. The van der Waals surface area contributed by atoms with E-state index in [0.29, 0.717) is 0 Å². The highest BCUT2D eigenvalue weighted by Crippen LogP contribution is 2.11. The molecule has 0 aromatic rings. The lowest BCUT2D eigenvalue weighted by atomic mass is 10.1. The molecule has 0 unspecified atom stereocenters. The Bertz CT molecular complexity index is 129. The van der Waals surface area contributed by atoms with E-state index in [9.17, 15) is 0 Å². The summed E-state index contributed by atoms with van der Waals surface area (Å²) in [6.45, 7) is 2.28. The fourth-order valence-corrected chi connectivity index (χ4v) is 2.25. The minimum atomic E-state index is 1.23. The van der Waals surface area contributed by atoms with E-state index in [4.69, 9.17) is 0 Å². The van der Waals surface area contributed by atoms with Gasteiger partial charge in [0.2, 0.25) is 0 Å². The SMILES string of the molecule is CCCCCCCCCCCCC=C[SiH3]. The first-order valence-electron chi connectivity index (χ1n) is 7.03. The maximum atomic E-state index is 2.34. The van der Waals surface area contributed by atoms with E-state index in [1.54, 1.807) is 0 Å². The zero-order valence-electron chi connectivity index (χ0n) is 10.9.